The molecule has 25 heavy (non-hydrogen) atoms. The molecule has 0 atom stereocenters. The SMILES string of the molecule is CCCCCc1cc2nc3ccccc3cc2c2c(CCC)cnn12. The maximum Gasteiger partial charge on any atom is 0.0791 e. The number of rotatable bonds is 6. The minimum absolute atomic E-state index is 1.06. The quantitative estimate of drug-likeness (QED) is 0.334. The zero-order valence-electron chi connectivity index (χ0n) is 15.1. The Morgan fingerprint density at radius 2 is 1.80 bits per heavy atom. The third kappa shape index (κ3) is 2.88. The highest BCUT2D eigenvalue weighted by atomic mass is 15.2. The summed E-state index contributed by atoms with van der Waals surface area (Å²) in [6.07, 6.45) is 8.99. The molecule has 3 nitrogen and oxygen atoms in total. The Hall–Kier alpha value is -2.42. The standard InChI is InChI=1S/C22H25N3/c1-3-5-6-11-18-14-21-19(13-16-10-7-8-12-20(16)24-21)22-17(9-4-2)15-23-25(18)22/h7-8,10,12-15H,3-6,9,11H2,1-2H3. The van der Waals surface area contributed by atoms with Crippen molar-refractivity contribution in [3.05, 3.63) is 53.9 Å². The number of hydrogen-bond donors (Lipinski definition) is 0. The second-order valence-electron chi connectivity index (χ2n) is 6.89. The third-order valence-corrected chi connectivity index (χ3v) is 4.98. The Morgan fingerprint density at radius 3 is 2.64 bits per heavy atom. The van der Waals surface area contributed by atoms with Gasteiger partial charge in [0.25, 0.3) is 0 Å². The molecule has 4 aromatic rings. The lowest BCUT2D eigenvalue weighted by molar-refractivity contribution is 0.692. The Labute approximate surface area is 148 Å². The summed E-state index contributed by atoms with van der Waals surface area (Å²) in [5.41, 5.74) is 6.03. The summed E-state index contributed by atoms with van der Waals surface area (Å²) in [5, 5.41) is 7.15. The number of para-hydroxylation sites is 1. The Bertz CT molecular complexity index is 1030. The van der Waals surface area contributed by atoms with Crippen LogP contribution >= 0.6 is 0 Å². The lowest BCUT2D eigenvalue weighted by Crippen LogP contribution is -2.01. The Kier molecular flexibility index (Phi) is 4.39. The molecule has 0 saturated heterocycles. The molecule has 0 N–H and O–H groups in total. The van der Waals surface area contributed by atoms with Crippen LogP contribution in [0.3, 0.4) is 0 Å². The number of aryl methyl sites for hydroxylation is 2. The van der Waals surface area contributed by atoms with Crippen LogP contribution < -0.4 is 0 Å². The molecule has 4 rings (SSSR count). The fourth-order valence-electron chi connectivity index (χ4n) is 3.72. The molecule has 0 aliphatic carbocycles. The highest BCUT2D eigenvalue weighted by Gasteiger charge is 2.13. The summed E-state index contributed by atoms with van der Waals surface area (Å²) in [6.45, 7) is 4.47. The molecule has 128 valence electrons. The van der Waals surface area contributed by atoms with E-state index in [0.717, 1.165) is 30.3 Å². The van der Waals surface area contributed by atoms with E-state index < -0.39 is 0 Å². The average Bonchev–Trinajstić information content (AvgIpc) is 3.05. The first-order chi connectivity index (χ1) is 12.3. The number of benzene rings is 1. The van der Waals surface area contributed by atoms with Crippen LogP contribution in [0.1, 0.15) is 50.8 Å². The number of pyridine rings is 2. The Balaban J connectivity index is 1.99. The monoisotopic (exact) mass is 331 g/mol. The van der Waals surface area contributed by atoms with Crippen molar-refractivity contribution in [2.45, 2.75) is 52.4 Å². The molecule has 0 spiro atoms. The predicted octanol–water partition coefficient (Wildman–Crippen LogP) is 5.72. The van der Waals surface area contributed by atoms with Crippen LogP contribution in [0.15, 0.2) is 42.6 Å². The molecule has 3 heterocycles. The minimum atomic E-state index is 1.06. The first kappa shape index (κ1) is 16.1. The summed E-state index contributed by atoms with van der Waals surface area (Å²) in [7, 11) is 0. The van der Waals surface area contributed by atoms with Gasteiger partial charge in [-0.05, 0) is 43.0 Å². The molecule has 3 aromatic heterocycles. The van der Waals surface area contributed by atoms with Crippen molar-refractivity contribution in [2.75, 3.05) is 0 Å². The summed E-state index contributed by atoms with van der Waals surface area (Å²) < 4.78 is 2.17. The molecule has 0 saturated carbocycles. The van der Waals surface area contributed by atoms with E-state index in [9.17, 15) is 0 Å². The van der Waals surface area contributed by atoms with Crippen molar-refractivity contribution in [3.63, 3.8) is 0 Å². The van der Waals surface area contributed by atoms with E-state index in [1.165, 1.54) is 46.8 Å². The summed E-state index contributed by atoms with van der Waals surface area (Å²) in [6, 6.07) is 12.9. The molecular formula is C22H25N3. The van der Waals surface area contributed by atoms with E-state index in [1.54, 1.807) is 0 Å². The molecule has 0 amide bonds. The van der Waals surface area contributed by atoms with Gasteiger partial charge in [-0.2, -0.15) is 5.10 Å². The first-order valence-corrected chi connectivity index (χ1v) is 9.49. The van der Waals surface area contributed by atoms with Crippen LogP contribution in [0.5, 0.6) is 0 Å². The second-order valence-corrected chi connectivity index (χ2v) is 6.89. The molecule has 0 bridgehead atoms. The van der Waals surface area contributed by atoms with Crippen LogP contribution in [-0.2, 0) is 12.8 Å². The summed E-state index contributed by atoms with van der Waals surface area (Å²) in [4.78, 5) is 4.96. The normalized spacial score (nSPS) is 11.8. The lowest BCUT2D eigenvalue weighted by Gasteiger charge is -2.10. The van der Waals surface area contributed by atoms with Gasteiger partial charge in [0.1, 0.15) is 0 Å². The van der Waals surface area contributed by atoms with Crippen molar-refractivity contribution < 1.29 is 0 Å². The van der Waals surface area contributed by atoms with Gasteiger partial charge in [-0.1, -0.05) is 51.3 Å². The molecule has 1 aromatic carbocycles. The van der Waals surface area contributed by atoms with E-state index in [2.05, 4.69) is 61.0 Å². The maximum absolute atomic E-state index is 4.96. The van der Waals surface area contributed by atoms with Gasteiger partial charge >= 0.3 is 0 Å². The molecule has 0 radical (unpaired) electrons. The number of hydrogen-bond acceptors (Lipinski definition) is 2. The van der Waals surface area contributed by atoms with Gasteiger partial charge in [0.15, 0.2) is 0 Å². The second kappa shape index (κ2) is 6.83. The van der Waals surface area contributed by atoms with Crippen molar-refractivity contribution in [1.29, 1.82) is 0 Å². The largest absolute Gasteiger partial charge is 0.248 e. The van der Waals surface area contributed by atoms with Crippen LogP contribution in [-0.4, -0.2) is 14.6 Å². The van der Waals surface area contributed by atoms with Gasteiger partial charge in [-0.15, -0.1) is 0 Å². The fourth-order valence-corrected chi connectivity index (χ4v) is 3.72. The van der Waals surface area contributed by atoms with Gasteiger partial charge in [-0.3, -0.25) is 0 Å². The number of nitrogens with zero attached hydrogens (tertiary/aromatic N) is 3. The van der Waals surface area contributed by atoms with Gasteiger partial charge < -0.3 is 0 Å². The summed E-state index contributed by atoms with van der Waals surface area (Å²) in [5.74, 6) is 0. The maximum atomic E-state index is 4.96. The van der Waals surface area contributed by atoms with Crippen LogP contribution in [0.25, 0.3) is 27.3 Å². The molecule has 0 unspecified atom stereocenters. The third-order valence-electron chi connectivity index (χ3n) is 4.98. The van der Waals surface area contributed by atoms with Crippen molar-refractivity contribution in [1.82, 2.24) is 14.6 Å². The van der Waals surface area contributed by atoms with Gasteiger partial charge in [0.05, 0.1) is 22.7 Å². The van der Waals surface area contributed by atoms with Crippen molar-refractivity contribution >= 4 is 27.3 Å². The Morgan fingerprint density at radius 1 is 0.920 bits per heavy atom. The van der Waals surface area contributed by atoms with Gasteiger partial charge in [0.2, 0.25) is 0 Å². The predicted molar refractivity (Wildman–Crippen MR) is 105 cm³/mol. The van der Waals surface area contributed by atoms with Crippen LogP contribution in [0.4, 0.5) is 0 Å². The van der Waals surface area contributed by atoms with E-state index in [-0.39, 0.29) is 0 Å². The highest BCUT2D eigenvalue weighted by molar-refractivity contribution is 6.02. The molecule has 0 aliphatic rings. The van der Waals surface area contributed by atoms with E-state index >= 15 is 0 Å². The summed E-state index contributed by atoms with van der Waals surface area (Å²) >= 11 is 0. The lowest BCUT2D eigenvalue weighted by atomic mass is 10.0. The van der Waals surface area contributed by atoms with Crippen LogP contribution in [0, 0.1) is 0 Å². The van der Waals surface area contributed by atoms with Crippen molar-refractivity contribution in [3.8, 4) is 0 Å². The molecule has 3 heteroatoms. The minimum Gasteiger partial charge on any atom is -0.248 e. The molecular weight excluding hydrogens is 306 g/mol. The fraction of sp³-hybridized carbons (Fsp3) is 0.364. The van der Waals surface area contributed by atoms with E-state index in [0.29, 0.717) is 0 Å². The van der Waals surface area contributed by atoms with Gasteiger partial charge in [-0.25, -0.2) is 9.50 Å². The number of aromatic nitrogens is 3. The average molecular weight is 331 g/mol. The topological polar surface area (TPSA) is 30.2 Å². The number of unbranched alkanes of at least 4 members (excludes halogenated alkanes) is 2. The van der Waals surface area contributed by atoms with E-state index in [1.807, 2.05) is 0 Å². The zero-order valence-corrected chi connectivity index (χ0v) is 15.1. The smallest absolute Gasteiger partial charge is 0.0791 e. The van der Waals surface area contributed by atoms with Crippen molar-refractivity contribution in [2.24, 2.45) is 0 Å². The molecule has 0 fully saturated rings. The first-order valence-electron chi connectivity index (χ1n) is 9.49. The number of fused-ring (bicyclic) bond motifs is 4. The zero-order chi connectivity index (χ0) is 17.2. The highest BCUT2D eigenvalue weighted by Crippen LogP contribution is 2.28. The van der Waals surface area contributed by atoms with E-state index in [4.69, 9.17) is 10.1 Å². The van der Waals surface area contributed by atoms with Crippen LogP contribution in [0.2, 0.25) is 0 Å². The van der Waals surface area contributed by atoms with Gasteiger partial charge in [0, 0.05) is 16.5 Å². The molecule has 0 aliphatic heterocycles.